The van der Waals surface area contributed by atoms with Crippen molar-refractivity contribution in [1.29, 1.82) is 5.26 Å². The fourth-order valence-corrected chi connectivity index (χ4v) is 4.17. The summed E-state index contributed by atoms with van der Waals surface area (Å²) in [6.07, 6.45) is 5.25. The van der Waals surface area contributed by atoms with Crippen molar-refractivity contribution in [2.24, 2.45) is 5.92 Å². The lowest BCUT2D eigenvalue weighted by molar-refractivity contribution is 0.172. The molecule has 5 heteroatoms. The van der Waals surface area contributed by atoms with E-state index in [-0.39, 0.29) is 0 Å². The van der Waals surface area contributed by atoms with Gasteiger partial charge in [0.25, 0.3) is 0 Å². The minimum absolute atomic E-state index is 0.554. The number of piperazine rings is 1. The zero-order valence-electron chi connectivity index (χ0n) is 15.1. The first-order chi connectivity index (χ1) is 12.2. The van der Waals surface area contributed by atoms with Crippen molar-refractivity contribution in [3.8, 4) is 6.07 Å². The molecule has 3 rings (SSSR count). The molecule has 1 N–H and O–H groups in total. The highest BCUT2D eigenvalue weighted by atomic mass is 32.1. The van der Waals surface area contributed by atoms with Crippen LogP contribution in [0.2, 0.25) is 0 Å². The molecular weight excluding hydrogens is 328 g/mol. The number of nitrogens with zero attached hydrogens (tertiary/aromatic N) is 3. The third-order valence-electron chi connectivity index (χ3n) is 5.57. The first-order valence-corrected chi connectivity index (χ1v) is 9.83. The lowest BCUT2D eigenvalue weighted by Crippen LogP contribution is -2.54. The van der Waals surface area contributed by atoms with Crippen molar-refractivity contribution in [3.63, 3.8) is 0 Å². The van der Waals surface area contributed by atoms with E-state index in [0.717, 1.165) is 49.3 Å². The molecule has 1 aliphatic carbocycles. The average Bonchev–Trinajstić information content (AvgIpc) is 2.65. The van der Waals surface area contributed by atoms with Crippen LogP contribution < -0.4 is 5.32 Å². The molecule has 0 spiro atoms. The van der Waals surface area contributed by atoms with Crippen LogP contribution in [0.4, 0.5) is 0 Å². The molecule has 2 atom stereocenters. The predicted octanol–water partition coefficient (Wildman–Crippen LogP) is 3.13. The van der Waals surface area contributed by atoms with Gasteiger partial charge in [-0.05, 0) is 48.7 Å². The van der Waals surface area contributed by atoms with Crippen molar-refractivity contribution >= 4 is 17.3 Å². The van der Waals surface area contributed by atoms with E-state index in [1.54, 1.807) is 0 Å². The van der Waals surface area contributed by atoms with Gasteiger partial charge in [0.15, 0.2) is 5.11 Å². The molecule has 1 aromatic carbocycles. The van der Waals surface area contributed by atoms with Gasteiger partial charge in [-0.25, -0.2) is 0 Å². The van der Waals surface area contributed by atoms with E-state index in [4.69, 9.17) is 17.5 Å². The van der Waals surface area contributed by atoms with Crippen LogP contribution >= 0.6 is 12.2 Å². The van der Waals surface area contributed by atoms with Gasteiger partial charge in [-0.2, -0.15) is 5.26 Å². The molecule has 1 saturated heterocycles. The smallest absolute Gasteiger partial charge is 0.169 e. The average molecular weight is 357 g/mol. The van der Waals surface area contributed by atoms with Crippen molar-refractivity contribution in [2.45, 2.75) is 45.2 Å². The van der Waals surface area contributed by atoms with Crippen molar-refractivity contribution in [3.05, 3.63) is 35.4 Å². The maximum atomic E-state index is 8.88. The molecule has 134 valence electrons. The van der Waals surface area contributed by atoms with Crippen molar-refractivity contribution < 1.29 is 0 Å². The van der Waals surface area contributed by atoms with Crippen LogP contribution in [0.25, 0.3) is 0 Å². The SMILES string of the molecule is C[C@@H]1CCCC[C@H]1NC(=S)N1CCN(Cc2ccc(C#N)cc2)CC1. The molecule has 2 aliphatic rings. The minimum atomic E-state index is 0.554. The molecule has 0 radical (unpaired) electrons. The van der Waals surface area contributed by atoms with Crippen molar-refractivity contribution in [1.82, 2.24) is 15.1 Å². The van der Waals surface area contributed by atoms with E-state index >= 15 is 0 Å². The number of thiocarbonyl (C=S) groups is 1. The zero-order chi connectivity index (χ0) is 17.6. The molecule has 0 bridgehead atoms. The van der Waals surface area contributed by atoms with Crippen LogP contribution in [-0.2, 0) is 6.54 Å². The van der Waals surface area contributed by atoms with E-state index < -0.39 is 0 Å². The van der Waals surface area contributed by atoms with Gasteiger partial charge in [0.2, 0.25) is 0 Å². The Morgan fingerprint density at radius 2 is 1.84 bits per heavy atom. The van der Waals surface area contributed by atoms with Gasteiger partial charge in [-0.3, -0.25) is 4.90 Å². The maximum absolute atomic E-state index is 8.88. The second-order valence-electron chi connectivity index (χ2n) is 7.39. The fourth-order valence-electron chi connectivity index (χ4n) is 3.83. The van der Waals surface area contributed by atoms with Gasteiger partial charge < -0.3 is 10.2 Å². The number of nitriles is 1. The second kappa shape index (κ2) is 8.64. The highest BCUT2D eigenvalue weighted by Crippen LogP contribution is 2.24. The first-order valence-electron chi connectivity index (χ1n) is 9.42. The number of hydrogen-bond acceptors (Lipinski definition) is 3. The van der Waals surface area contributed by atoms with E-state index in [1.165, 1.54) is 31.2 Å². The van der Waals surface area contributed by atoms with Crippen LogP contribution in [0.3, 0.4) is 0 Å². The molecular formula is C20H28N4S. The van der Waals surface area contributed by atoms with Crippen molar-refractivity contribution in [2.75, 3.05) is 26.2 Å². The summed E-state index contributed by atoms with van der Waals surface area (Å²) in [5, 5.41) is 13.4. The van der Waals surface area contributed by atoms with Gasteiger partial charge in [0.05, 0.1) is 11.6 Å². The normalized spacial score (nSPS) is 24.6. The quantitative estimate of drug-likeness (QED) is 0.843. The van der Waals surface area contributed by atoms with Gasteiger partial charge in [0, 0.05) is 38.8 Å². The molecule has 1 heterocycles. The van der Waals surface area contributed by atoms with E-state index in [0.29, 0.717) is 6.04 Å². The van der Waals surface area contributed by atoms with E-state index in [9.17, 15) is 0 Å². The Morgan fingerprint density at radius 1 is 1.16 bits per heavy atom. The summed E-state index contributed by atoms with van der Waals surface area (Å²) in [7, 11) is 0. The van der Waals surface area contributed by atoms with Gasteiger partial charge in [-0.1, -0.05) is 31.9 Å². The van der Waals surface area contributed by atoms with E-state index in [2.05, 4.69) is 40.2 Å². The largest absolute Gasteiger partial charge is 0.360 e. The molecule has 0 aromatic heterocycles. The topological polar surface area (TPSA) is 42.3 Å². The highest BCUT2D eigenvalue weighted by molar-refractivity contribution is 7.80. The highest BCUT2D eigenvalue weighted by Gasteiger charge is 2.25. The van der Waals surface area contributed by atoms with Crippen LogP contribution in [0.5, 0.6) is 0 Å². The Balaban J connectivity index is 1.44. The molecule has 4 nitrogen and oxygen atoms in total. The lowest BCUT2D eigenvalue weighted by atomic mass is 9.86. The first kappa shape index (κ1) is 18.2. The van der Waals surface area contributed by atoms with Gasteiger partial charge in [-0.15, -0.1) is 0 Å². The number of nitrogens with one attached hydrogen (secondary N) is 1. The monoisotopic (exact) mass is 356 g/mol. The number of hydrogen-bond donors (Lipinski definition) is 1. The molecule has 1 aliphatic heterocycles. The van der Waals surface area contributed by atoms with Gasteiger partial charge in [0.1, 0.15) is 0 Å². The predicted molar refractivity (Wildman–Crippen MR) is 105 cm³/mol. The van der Waals surface area contributed by atoms with Crippen LogP contribution in [0, 0.1) is 17.2 Å². The summed E-state index contributed by atoms with van der Waals surface area (Å²) in [4.78, 5) is 4.79. The Labute approximate surface area is 156 Å². The molecule has 0 amide bonds. The summed E-state index contributed by atoms with van der Waals surface area (Å²) in [6.45, 7) is 7.32. The molecule has 1 saturated carbocycles. The van der Waals surface area contributed by atoms with E-state index in [1.807, 2.05) is 12.1 Å². The van der Waals surface area contributed by atoms with Gasteiger partial charge >= 0.3 is 0 Å². The molecule has 1 aromatic rings. The van der Waals surface area contributed by atoms with Crippen LogP contribution in [-0.4, -0.2) is 47.1 Å². The standard InChI is InChI=1S/C20H28N4S/c1-16-4-2-3-5-19(16)22-20(25)24-12-10-23(11-13-24)15-18-8-6-17(14-21)7-9-18/h6-9,16,19H,2-5,10-13,15H2,1H3,(H,22,25)/t16-,19-/m1/s1. The van der Waals surface area contributed by atoms with Crippen LogP contribution in [0.1, 0.15) is 43.7 Å². The van der Waals surface area contributed by atoms with Crippen LogP contribution in [0.15, 0.2) is 24.3 Å². The minimum Gasteiger partial charge on any atom is -0.360 e. The Bertz CT molecular complexity index is 614. The molecule has 0 unspecified atom stereocenters. The zero-order valence-corrected chi connectivity index (χ0v) is 15.9. The third-order valence-corrected chi connectivity index (χ3v) is 5.95. The Morgan fingerprint density at radius 3 is 2.48 bits per heavy atom. The Hall–Kier alpha value is -1.64. The second-order valence-corrected chi connectivity index (χ2v) is 7.78. The number of rotatable bonds is 3. The Kier molecular flexibility index (Phi) is 6.28. The molecule has 25 heavy (non-hydrogen) atoms. The summed E-state index contributed by atoms with van der Waals surface area (Å²) in [6, 6.07) is 10.6. The third kappa shape index (κ3) is 4.93. The summed E-state index contributed by atoms with van der Waals surface area (Å²) in [5.41, 5.74) is 1.99. The summed E-state index contributed by atoms with van der Waals surface area (Å²) < 4.78 is 0. The maximum Gasteiger partial charge on any atom is 0.169 e. The number of benzene rings is 1. The summed E-state index contributed by atoms with van der Waals surface area (Å²) in [5.74, 6) is 0.726. The summed E-state index contributed by atoms with van der Waals surface area (Å²) >= 11 is 5.67. The lowest BCUT2D eigenvalue weighted by Gasteiger charge is -2.39. The molecule has 2 fully saturated rings. The fraction of sp³-hybridized carbons (Fsp3) is 0.600.